The summed E-state index contributed by atoms with van der Waals surface area (Å²) in [6.07, 6.45) is 4.97. The van der Waals surface area contributed by atoms with E-state index in [1.807, 2.05) is 6.07 Å². The molecule has 0 bridgehead atoms. The van der Waals surface area contributed by atoms with Gasteiger partial charge in [-0.05, 0) is 72.6 Å². The molecular formula is C21H30O3. The van der Waals surface area contributed by atoms with Gasteiger partial charge in [-0.1, -0.05) is 33.3 Å². The maximum absolute atomic E-state index is 12.5. The molecule has 0 aromatic heterocycles. The summed E-state index contributed by atoms with van der Waals surface area (Å²) in [5.74, 6) is 0.899. The smallest absolute Gasteiger partial charge is 0.311 e. The number of ether oxygens (including phenoxy) is 1. The molecule has 0 saturated heterocycles. The van der Waals surface area contributed by atoms with Crippen molar-refractivity contribution in [3.05, 3.63) is 28.8 Å². The third-order valence-corrected chi connectivity index (χ3v) is 6.77. The van der Waals surface area contributed by atoms with Crippen molar-refractivity contribution in [1.29, 1.82) is 0 Å². The SMILES string of the molecule is COC(=O)[C@]1(C)CCC[C@]2(C)c3cc(O)c(C(C)C)cc3CC[C@@H]12. The maximum atomic E-state index is 12.5. The molecule has 0 aliphatic heterocycles. The quantitative estimate of drug-likeness (QED) is 0.800. The Morgan fingerprint density at radius 1 is 1.29 bits per heavy atom. The fraction of sp³-hybridized carbons (Fsp3) is 0.667. The summed E-state index contributed by atoms with van der Waals surface area (Å²) in [4.78, 5) is 12.5. The zero-order chi connectivity index (χ0) is 17.7. The average Bonchev–Trinajstić information content (AvgIpc) is 2.53. The van der Waals surface area contributed by atoms with Gasteiger partial charge in [0, 0.05) is 0 Å². The van der Waals surface area contributed by atoms with E-state index in [0.29, 0.717) is 11.7 Å². The first-order chi connectivity index (χ1) is 11.2. The molecule has 3 nitrogen and oxygen atoms in total. The Morgan fingerprint density at radius 2 is 2.00 bits per heavy atom. The lowest BCUT2D eigenvalue weighted by Gasteiger charge is -2.54. The number of phenolic OH excluding ortho intramolecular Hbond substituents is 1. The third-order valence-electron chi connectivity index (χ3n) is 6.77. The summed E-state index contributed by atoms with van der Waals surface area (Å²) in [6.45, 7) is 8.59. The molecule has 1 aromatic carbocycles. The lowest BCUT2D eigenvalue weighted by molar-refractivity contribution is -0.161. The van der Waals surface area contributed by atoms with Crippen LogP contribution in [0.2, 0.25) is 0 Å². The van der Waals surface area contributed by atoms with Crippen LogP contribution in [0, 0.1) is 11.3 Å². The highest BCUT2D eigenvalue weighted by Crippen LogP contribution is 2.58. The fourth-order valence-corrected chi connectivity index (χ4v) is 5.46. The van der Waals surface area contributed by atoms with Gasteiger partial charge < -0.3 is 9.84 Å². The van der Waals surface area contributed by atoms with E-state index in [-0.39, 0.29) is 17.3 Å². The van der Waals surface area contributed by atoms with Gasteiger partial charge in [0.25, 0.3) is 0 Å². The highest BCUT2D eigenvalue weighted by Gasteiger charge is 2.55. The van der Waals surface area contributed by atoms with Crippen molar-refractivity contribution in [1.82, 2.24) is 0 Å². The Kier molecular flexibility index (Phi) is 4.17. The van der Waals surface area contributed by atoms with Crippen molar-refractivity contribution in [2.75, 3.05) is 7.11 Å². The van der Waals surface area contributed by atoms with Gasteiger partial charge in [-0.2, -0.15) is 0 Å². The molecule has 1 saturated carbocycles. The molecule has 24 heavy (non-hydrogen) atoms. The first-order valence-corrected chi connectivity index (χ1v) is 9.18. The van der Waals surface area contributed by atoms with E-state index >= 15 is 0 Å². The molecule has 0 spiro atoms. The van der Waals surface area contributed by atoms with Gasteiger partial charge in [0.05, 0.1) is 12.5 Å². The number of aryl methyl sites for hydroxylation is 1. The summed E-state index contributed by atoms with van der Waals surface area (Å²) in [6, 6.07) is 4.18. The first-order valence-electron chi connectivity index (χ1n) is 9.18. The molecule has 1 aromatic rings. The Labute approximate surface area is 145 Å². The Bertz CT molecular complexity index is 663. The van der Waals surface area contributed by atoms with E-state index in [2.05, 4.69) is 33.8 Å². The molecule has 0 amide bonds. The topological polar surface area (TPSA) is 46.5 Å². The lowest BCUT2D eigenvalue weighted by Crippen LogP contribution is -2.52. The molecule has 0 radical (unpaired) electrons. The first kappa shape index (κ1) is 17.3. The molecule has 2 aliphatic rings. The van der Waals surface area contributed by atoms with Crippen LogP contribution in [0.3, 0.4) is 0 Å². The van der Waals surface area contributed by atoms with Crippen molar-refractivity contribution < 1.29 is 14.6 Å². The Hall–Kier alpha value is -1.51. The predicted molar refractivity (Wildman–Crippen MR) is 95.3 cm³/mol. The van der Waals surface area contributed by atoms with E-state index in [9.17, 15) is 9.90 Å². The summed E-state index contributed by atoms with van der Waals surface area (Å²) < 4.78 is 5.16. The summed E-state index contributed by atoms with van der Waals surface area (Å²) >= 11 is 0. The molecule has 132 valence electrons. The van der Waals surface area contributed by atoms with Crippen LogP contribution < -0.4 is 0 Å². The fourth-order valence-electron chi connectivity index (χ4n) is 5.46. The second-order valence-corrected chi connectivity index (χ2v) is 8.49. The van der Waals surface area contributed by atoms with E-state index < -0.39 is 5.41 Å². The number of phenols is 1. The number of benzene rings is 1. The maximum Gasteiger partial charge on any atom is 0.311 e. The minimum absolute atomic E-state index is 0.0677. The van der Waals surface area contributed by atoms with Gasteiger partial charge in [0.2, 0.25) is 0 Å². The predicted octanol–water partition coefficient (Wildman–Crippen LogP) is 4.70. The zero-order valence-electron chi connectivity index (χ0n) is 15.6. The second-order valence-electron chi connectivity index (χ2n) is 8.49. The third kappa shape index (κ3) is 2.35. The van der Waals surface area contributed by atoms with Crippen LogP contribution in [0.1, 0.15) is 76.0 Å². The van der Waals surface area contributed by atoms with Crippen LogP contribution in [-0.2, 0) is 21.4 Å². The van der Waals surface area contributed by atoms with Crippen molar-refractivity contribution >= 4 is 5.97 Å². The monoisotopic (exact) mass is 330 g/mol. The van der Waals surface area contributed by atoms with Crippen LogP contribution in [0.15, 0.2) is 12.1 Å². The molecule has 0 heterocycles. The highest BCUT2D eigenvalue weighted by atomic mass is 16.5. The average molecular weight is 330 g/mol. The van der Waals surface area contributed by atoms with Crippen LogP contribution in [0.5, 0.6) is 5.75 Å². The summed E-state index contributed by atoms with van der Waals surface area (Å²) in [5, 5.41) is 10.5. The number of aromatic hydroxyl groups is 1. The summed E-state index contributed by atoms with van der Waals surface area (Å²) in [7, 11) is 1.50. The largest absolute Gasteiger partial charge is 0.508 e. The van der Waals surface area contributed by atoms with Crippen molar-refractivity contribution in [2.45, 2.75) is 71.1 Å². The molecule has 0 unspecified atom stereocenters. The molecule has 1 N–H and O–H groups in total. The number of hydrogen-bond acceptors (Lipinski definition) is 3. The number of fused-ring (bicyclic) bond motifs is 3. The van der Waals surface area contributed by atoms with Crippen molar-refractivity contribution in [3.63, 3.8) is 0 Å². The van der Waals surface area contributed by atoms with Crippen LogP contribution >= 0.6 is 0 Å². The molecule has 3 heteroatoms. The summed E-state index contributed by atoms with van der Waals surface area (Å²) in [5.41, 5.74) is 3.13. The minimum Gasteiger partial charge on any atom is -0.508 e. The molecule has 1 fully saturated rings. The number of carbonyl (C=O) groups is 1. The van der Waals surface area contributed by atoms with Gasteiger partial charge in [-0.15, -0.1) is 0 Å². The van der Waals surface area contributed by atoms with Gasteiger partial charge in [-0.25, -0.2) is 0 Å². The van der Waals surface area contributed by atoms with Crippen LogP contribution in [0.4, 0.5) is 0 Å². The molecular weight excluding hydrogens is 300 g/mol. The number of hydrogen-bond donors (Lipinski definition) is 1. The van der Waals surface area contributed by atoms with Crippen molar-refractivity contribution in [2.24, 2.45) is 11.3 Å². The van der Waals surface area contributed by atoms with Crippen molar-refractivity contribution in [3.8, 4) is 5.75 Å². The number of esters is 1. The Balaban J connectivity index is 2.11. The lowest BCUT2D eigenvalue weighted by atomic mass is 9.49. The van der Waals surface area contributed by atoms with Gasteiger partial charge in [0.1, 0.15) is 5.75 Å². The highest BCUT2D eigenvalue weighted by molar-refractivity contribution is 5.77. The van der Waals surface area contributed by atoms with Gasteiger partial charge in [0.15, 0.2) is 0 Å². The second kappa shape index (κ2) is 5.79. The molecule has 3 rings (SSSR count). The Morgan fingerprint density at radius 3 is 2.62 bits per heavy atom. The standard InChI is InChI=1S/C21H30O3/c1-13(2)15-11-14-7-8-18-20(3,16(14)12-17(15)22)9-6-10-21(18,4)19(23)24-5/h11-13,18,22H,6-10H2,1-5H3/t18-,20-,21-/m1/s1. The van der Waals surface area contributed by atoms with Crippen LogP contribution in [0.25, 0.3) is 0 Å². The van der Waals surface area contributed by atoms with E-state index in [0.717, 1.165) is 37.7 Å². The zero-order valence-corrected chi connectivity index (χ0v) is 15.6. The van der Waals surface area contributed by atoms with E-state index in [1.165, 1.54) is 18.2 Å². The normalized spacial score (nSPS) is 32.2. The van der Waals surface area contributed by atoms with Gasteiger partial charge in [-0.3, -0.25) is 4.79 Å². The molecule has 3 atom stereocenters. The number of rotatable bonds is 2. The number of methoxy groups -OCH3 is 1. The van der Waals surface area contributed by atoms with Gasteiger partial charge >= 0.3 is 5.97 Å². The number of carbonyl (C=O) groups excluding carboxylic acids is 1. The van der Waals surface area contributed by atoms with E-state index in [4.69, 9.17) is 4.74 Å². The molecule has 2 aliphatic carbocycles. The van der Waals surface area contributed by atoms with Crippen LogP contribution in [-0.4, -0.2) is 18.2 Å². The van der Waals surface area contributed by atoms with E-state index in [1.54, 1.807) is 0 Å². The minimum atomic E-state index is -0.425.